The maximum Gasteiger partial charge on any atom is 0.223 e. The Morgan fingerprint density at radius 2 is 2.06 bits per heavy atom. The van der Waals surface area contributed by atoms with Crippen LogP contribution in [0, 0.1) is 0 Å². The van der Waals surface area contributed by atoms with E-state index in [-0.39, 0.29) is 11.9 Å². The molecule has 0 saturated heterocycles. The van der Waals surface area contributed by atoms with E-state index in [4.69, 9.17) is 10.5 Å². The van der Waals surface area contributed by atoms with E-state index in [0.29, 0.717) is 19.6 Å². The third-order valence-corrected chi connectivity index (χ3v) is 2.55. The molecule has 1 atom stereocenters. The number of ether oxygens (including phenoxy) is 1. The summed E-state index contributed by atoms with van der Waals surface area (Å²) in [6.07, 6.45) is 1.36. The lowest BCUT2D eigenvalue weighted by molar-refractivity contribution is -0.121. The van der Waals surface area contributed by atoms with Gasteiger partial charge in [0.2, 0.25) is 5.91 Å². The summed E-state index contributed by atoms with van der Waals surface area (Å²) in [5.74, 6) is 0.768. The van der Waals surface area contributed by atoms with Gasteiger partial charge in [-0.3, -0.25) is 4.79 Å². The van der Waals surface area contributed by atoms with Gasteiger partial charge in [-0.2, -0.15) is 0 Å². The minimum absolute atomic E-state index is 0.0172. The first-order valence-corrected chi connectivity index (χ1v) is 6.35. The van der Waals surface area contributed by atoms with Gasteiger partial charge in [-0.25, -0.2) is 0 Å². The van der Waals surface area contributed by atoms with Crippen LogP contribution < -0.4 is 15.8 Å². The second kappa shape index (κ2) is 7.71. The molecule has 0 heterocycles. The van der Waals surface area contributed by atoms with E-state index in [1.54, 1.807) is 0 Å². The summed E-state index contributed by atoms with van der Waals surface area (Å²) in [6, 6.07) is 7.91. The second-order valence-corrected chi connectivity index (χ2v) is 4.38. The van der Waals surface area contributed by atoms with E-state index in [2.05, 4.69) is 12.2 Å². The number of carbonyl (C=O) groups excluding carboxylic acids is 1. The van der Waals surface area contributed by atoms with Crippen LogP contribution in [-0.2, 0) is 11.2 Å². The van der Waals surface area contributed by atoms with Gasteiger partial charge in [-0.05, 0) is 31.0 Å². The highest BCUT2D eigenvalue weighted by molar-refractivity contribution is 5.76. The molecule has 0 fully saturated rings. The number of amides is 1. The molecule has 3 N–H and O–H groups in total. The summed E-state index contributed by atoms with van der Waals surface area (Å²) in [5.41, 5.74) is 6.82. The van der Waals surface area contributed by atoms with Crippen molar-refractivity contribution in [3.8, 4) is 5.75 Å². The number of carbonyl (C=O) groups is 1. The Morgan fingerprint density at radius 3 is 2.61 bits per heavy atom. The summed E-state index contributed by atoms with van der Waals surface area (Å²) in [7, 11) is 0. The standard InChI is InChI=1S/C14H22N2O2/c1-3-12-4-6-13(7-5-12)18-9-8-14(17)16-10-11(2)15/h4-7,11H,3,8-10,15H2,1-2H3,(H,16,17). The molecule has 0 aliphatic carbocycles. The van der Waals surface area contributed by atoms with Gasteiger partial charge >= 0.3 is 0 Å². The van der Waals surface area contributed by atoms with Crippen molar-refractivity contribution in [3.63, 3.8) is 0 Å². The Balaban J connectivity index is 2.22. The molecule has 4 nitrogen and oxygen atoms in total. The van der Waals surface area contributed by atoms with Crippen molar-refractivity contribution < 1.29 is 9.53 Å². The van der Waals surface area contributed by atoms with Crippen LogP contribution in [-0.4, -0.2) is 25.1 Å². The van der Waals surface area contributed by atoms with Crippen LogP contribution >= 0.6 is 0 Å². The molecule has 18 heavy (non-hydrogen) atoms. The molecule has 0 aliphatic heterocycles. The molecule has 1 aromatic carbocycles. The van der Waals surface area contributed by atoms with E-state index < -0.39 is 0 Å². The highest BCUT2D eigenvalue weighted by atomic mass is 16.5. The Labute approximate surface area is 109 Å². The smallest absolute Gasteiger partial charge is 0.223 e. The van der Waals surface area contributed by atoms with Gasteiger partial charge in [0.15, 0.2) is 0 Å². The van der Waals surface area contributed by atoms with Crippen LogP contribution in [0.5, 0.6) is 5.75 Å². The highest BCUT2D eigenvalue weighted by Crippen LogP contribution is 2.12. The van der Waals surface area contributed by atoms with Crippen molar-refractivity contribution in [2.75, 3.05) is 13.2 Å². The van der Waals surface area contributed by atoms with Crippen LogP contribution in [0.2, 0.25) is 0 Å². The summed E-state index contributed by atoms with van der Waals surface area (Å²) in [4.78, 5) is 11.4. The van der Waals surface area contributed by atoms with Gasteiger partial charge in [0.25, 0.3) is 0 Å². The lowest BCUT2D eigenvalue weighted by atomic mass is 10.2. The lowest BCUT2D eigenvalue weighted by Crippen LogP contribution is -2.35. The van der Waals surface area contributed by atoms with E-state index in [9.17, 15) is 4.79 Å². The minimum atomic E-state index is -0.0301. The Hall–Kier alpha value is -1.55. The van der Waals surface area contributed by atoms with Crippen LogP contribution in [0.3, 0.4) is 0 Å². The molecule has 0 saturated carbocycles. The molecule has 0 spiro atoms. The molecule has 4 heteroatoms. The van der Waals surface area contributed by atoms with Crippen molar-refractivity contribution in [1.82, 2.24) is 5.32 Å². The zero-order chi connectivity index (χ0) is 13.4. The lowest BCUT2D eigenvalue weighted by Gasteiger charge is -2.09. The van der Waals surface area contributed by atoms with Gasteiger partial charge in [0.05, 0.1) is 13.0 Å². The summed E-state index contributed by atoms with van der Waals surface area (Å²) in [6.45, 7) is 4.85. The molecular formula is C14H22N2O2. The number of benzene rings is 1. The van der Waals surface area contributed by atoms with Crippen LogP contribution in [0.25, 0.3) is 0 Å². The number of nitrogens with two attached hydrogens (primary N) is 1. The van der Waals surface area contributed by atoms with E-state index in [0.717, 1.165) is 12.2 Å². The Kier molecular flexibility index (Phi) is 6.22. The van der Waals surface area contributed by atoms with Crippen LogP contribution in [0.4, 0.5) is 0 Å². The molecule has 1 amide bonds. The van der Waals surface area contributed by atoms with Gasteiger partial charge in [0, 0.05) is 12.6 Å². The quantitative estimate of drug-likeness (QED) is 0.770. The van der Waals surface area contributed by atoms with E-state index >= 15 is 0 Å². The first kappa shape index (κ1) is 14.5. The zero-order valence-corrected chi connectivity index (χ0v) is 11.1. The van der Waals surface area contributed by atoms with Crippen molar-refractivity contribution in [2.24, 2.45) is 5.73 Å². The highest BCUT2D eigenvalue weighted by Gasteiger charge is 2.02. The third kappa shape index (κ3) is 5.68. The minimum Gasteiger partial charge on any atom is -0.493 e. The van der Waals surface area contributed by atoms with Crippen molar-refractivity contribution in [1.29, 1.82) is 0 Å². The summed E-state index contributed by atoms with van der Waals surface area (Å²) >= 11 is 0. The largest absolute Gasteiger partial charge is 0.493 e. The molecule has 0 radical (unpaired) electrons. The number of nitrogens with one attached hydrogen (secondary N) is 1. The Bertz CT molecular complexity index is 361. The summed E-state index contributed by atoms with van der Waals surface area (Å²) in [5, 5.41) is 2.74. The number of rotatable bonds is 7. The second-order valence-electron chi connectivity index (χ2n) is 4.38. The first-order chi connectivity index (χ1) is 8.61. The van der Waals surface area contributed by atoms with Gasteiger partial charge in [-0.1, -0.05) is 19.1 Å². The SMILES string of the molecule is CCc1ccc(OCCC(=O)NCC(C)N)cc1. The van der Waals surface area contributed by atoms with Crippen molar-refractivity contribution >= 4 is 5.91 Å². The number of aryl methyl sites for hydroxylation is 1. The van der Waals surface area contributed by atoms with Crippen LogP contribution in [0.15, 0.2) is 24.3 Å². The van der Waals surface area contributed by atoms with Gasteiger partial charge in [0.1, 0.15) is 5.75 Å². The molecule has 100 valence electrons. The predicted molar refractivity (Wildman–Crippen MR) is 72.6 cm³/mol. The van der Waals surface area contributed by atoms with E-state index in [1.807, 2.05) is 31.2 Å². The molecule has 1 unspecified atom stereocenters. The predicted octanol–water partition coefficient (Wildman–Crippen LogP) is 1.48. The molecular weight excluding hydrogens is 228 g/mol. The normalized spacial score (nSPS) is 11.9. The maximum atomic E-state index is 11.4. The van der Waals surface area contributed by atoms with E-state index in [1.165, 1.54) is 5.56 Å². The first-order valence-electron chi connectivity index (χ1n) is 6.35. The fourth-order valence-electron chi connectivity index (χ4n) is 1.45. The molecule has 0 aliphatic rings. The molecule has 0 aromatic heterocycles. The fourth-order valence-corrected chi connectivity index (χ4v) is 1.45. The van der Waals surface area contributed by atoms with Crippen molar-refractivity contribution in [2.45, 2.75) is 32.7 Å². The molecule has 1 rings (SSSR count). The van der Waals surface area contributed by atoms with Gasteiger partial charge in [-0.15, -0.1) is 0 Å². The molecule has 1 aromatic rings. The fraction of sp³-hybridized carbons (Fsp3) is 0.500. The maximum absolute atomic E-state index is 11.4. The monoisotopic (exact) mass is 250 g/mol. The van der Waals surface area contributed by atoms with Crippen LogP contribution in [0.1, 0.15) is 25.8 Å². The third-order valence-electron chi connectivity index (χ3n) is 2.55. The number of hydrogen-bond donors (Lipinski definition) is 2. The average molecular weight is 250 g/mol. The van der Waals surface area contributed by atoms with Crippen molar-refractivity contribution in [3.05, 3.63) is 29.8 Å². The summed E-state index contributed by atoms with van der Waals surface area (Å²) < 4.78 is 5.49. The zero-order valence-electron chi connectivity index (χ0n) is 11.1. The molecule has 0 bridgehead atoms. The average Bonchev–Trinajstić information content (AvgIpc) is 2.37. The van der Waals surface area contributed by atoms with Gasteiger partial charge < -0.3 is 15.8 Å². The topological polar surface area (TPSA) is 64.3 Å². The number of hydrogen-bond acceptors (Lipinski definition) is 3. The Morgan fingerprint density at radius 1 is 1.39 bits per heavy atom.